The molecule has 0 amide bonds. The molecule has 0 aliphatic carbocycles. The summed E-state index contributed by atoms with van der Waals surface area (Å²) in [6.07, 6.45) is -0.563. The lowest BCUT2D eigenvalue weighted by Crippen LogP contribution is -2.34. The minimum atomic E-state index is -1.29. The molecule has 5 N–H and O–H groups in total. The molecule has 0 saturated heterocycles. The van der Waals surface area contributed by atoms with Crippen LogP contribution in [0.3, 0.4) is 0 Å². The van der Waals surface area contributed by atoms with Crippen molar-refractivity contribution in [1.29, 1.82) is 0 Å². The molecule has 0 fully saturated rings. The third-order valence-electron chi connectivity index (χ3n) is 1.43. The van der Waals surface area contributed by atoms with E-state index in [0.717, 1.165) is 0 Å². The Morgan fingerprint density at radius 3 is 2.00 bits per heavy atom. The van der Waals surface area contributed by atoms with Crippen LogP contribution in [0.15, 0.2) is 0 Å². The number of aliphatic carboxylic acids is 3. The van der Waals surface area contributed by atoms with Gasteiger partial charge in [0.1, 0.15) is 11.3 Å². The average Bonchev–Trinajstić information content (AvgIpc) is 2.10. The Morgan fingerprint density at radius 1 is 1.13 bits per heavy atom. The number of thioether (sulfide) groups is 1. The lowest BCUT2D eigenvalue weighted by molar-refractivity contribution is -0.142. The normalized spacial score (nSPS) is 14.2. The molecule has 0 bridgehead atoms. The SMILES string of the molecule is N[C@H](CS[C@H](CC(=O)O)C(=O)O)C(=O)O. The van der Waals surface area contributed by atoms with Crippen LogP contribution in [0.1, 0.15) is 6.42 Å². The number of hydrogen-bond donors (Lipinski definition) is 4. The van der Waals surface area contributed by atoms with Crippen LogP contribution in [0.5, 0.6) is 0 Å². The molecule has 7 nitrogen and oxygen atoms in total. The van der Waals surface area contributed by atoms with E-state index in [1.54, 1.807) is 0 Å². The Kier molecular flexibility index (Phi) is 5.72. The molecule has 0 heterocycles. The van der Waals surface area contributed by atoms with Gasteiger partial charge in [-0.05, 0) is 0 Å². The van der Waals surface area contributed by atoms with Crippen LogP contribution >= 0.6 is 11.8 Å². The van der Waals surface area contributed by atoms with Gasteiger partial charge in [-0.3, -0.25) is 14.4 Å². The van der Waals surface area contributed by atoms with E-state index < -0.39 is 35.6 Å². The van der Waals surface area contributed by atoms with Gasteiger partial charge < -0.3 is 21.1 Å². The Labute approximate surface area is 89.3 Å². The molecule has 0 aliphatic rings. The van der Waals surface area contributed by atoms with Gasteiger partial charge in [0.25, 0.3) is 0 Å². The van der Waals surface area contributed by atoms with Crippen LogP contribution in [-0.4, -0.2) is 50.3 Å². The second-order valence-electron chi connectivity index (χ2n) is 2.70. The van der Waals surface area contributed by atoms with Crippen molar-refractivity contribution in [2.45, 2.75) is 17.7 Å². The Bertz CT molecular complexity index is 268. The first-order valence-corrected chi connectivity index (χ1v) is 4.94. The quantitative estimate of drug-likeness (QED) is 0.445. The fourth-order valence-corrected chi connectivity index (χ4v) is 1.65. The highest BCUT2D eigenvalue weighted by Gasteiger charge is 2.23. The molecule has 0 aromatic carbocycles. The fourth-order valence-electron chi connectivity index (χ4n) is 0.667. The highest BCUT2D eigenvalue weighted by atomic mass is 32.2. The van der Waals surface area contributed by atoms with Gasteiger partial charge in [0.05, 0.1) is 6.42 Å². The van der Waals surface area contributed by atoms with Crippen LogP contribution in [0.2, 0.25) is 0 Å². The van der Waals surface area contributed by atoms with Crippen LogP contribution in [0, 0.1) is 0 Å². The first-order chi connectivity index (χ1) is 6.84. The molecule has 0 aromatic rings. The van der Waals surface area contributed by atoms with Crippen LogP contribution in [-0.2, 0) is 14.4 Å². The summed E-state index contributed by atoms with van der Waals surface area (Å²) in [6, 6.07) is -1.19. The van der Waals surface area contributed by atoms with Gasteiger partial charge in [-0.1, -0.05) is 0 Å². The minimum absolute atomic E-state index is 0.139. The first-order valence-electron chi connectivity index (χ1n) is 3.89. The molecule has 8 heteroatoms. The standard InChI is InChI=1S/C7H11NO6S/c8-3(6(11)12)2-15-4(7(13)14)1-5(9)10/h3-4H,1-2,8H2,(H,9,10)(H,11,12)(H,13,14)/t3-,4-/m1/s1. The van der Waals surface area contributed by atoms with Gasteiger partial charge >= 0.3 is 17.9 Å². The summed E-state index contributed by atoms with van der Waals surface area (Å²) in [4.78, 5) is 31.1. The predicted molar refractivity (Wildman–Crippen MR) is 51.7 cm³/mol. The molecule has 0 radical (unpaired) electrons. The monoisotopic (exact) mass is 237 g/mol. The van der Waals surface area contributed by atoms with Crippen molar-refractivity contribution < 1.29 is 29.7 Å². The van der Waals surface area contributed by atoms with E-state index in [1.165, 1.54) is 0 Å². The van der Waals surface area contributed by atoms with Crippen molar-refractivity contribution in [2.75, 3.05) is 5.75 Å². The van der Waals surface area contributed by atoms with Crippen molar-refractivity contribution in [3.63, 3.8) is 0 Å². The zero-order chi connectivity index (χ0) is 12.0. The summed E-state index contributed by atoms with van der Waals surface area (Å²) >= 11 is 0.708. The lowest BCUT2D eigenvalue weighted by atomic mass is 10.3. The topological polar surface area (TPSA) is 138 Å². The van der Waals surface area contributed by atoms with Crippen LogP contribution in [0.25, 0.3) is 0 Å². The number of nitrogens with two attached hydrogens (primary N) is 1. The smallest absolute Gasteiger partial charge is 0.321 e. The molecule has 0 unspecified atom stereocenters. The molecular formula is C7H11NO6S. The second-order valence-corrected chi connectivity index (χ2v) is 3.94. The van der Waals surface area contributed by atoms with E-state index in [2.05, 4.69) is 0 Å². The third kappa shape index (κ3) is 5.92. The number of hydrogen-bond acceptors (Lipinski definition) is 5. The fraction of sp³-hybridized carbons (Fsp3) is 0.571. The van der Waals surface area contributed by atoms with Gasteiger partial charge in [-0.15, -0.1) is 11.8 Å². The zero-order valence-electron chi connectivity index (χ0n) is 7.62. The Morgan fingerprint density at radius 2 is 1.67 bits per heavy atom. The lowest BCUT2D eigenvalue weighted by Gasteiger charge is -2.11. The number of carboxylic acid groups (broad SMARTS) is 3. The van der Waals surface area contributed by atoms with Gasteiger partial charge in [0.15, 0.2) is 0 Å². The molecule has 0 rings (SSSR count). The van der Waals surface area contributed by atoms with E-state index in [1.807, 2.05) is 0 Å². The summed E-state index contributed by atoms with van der Waals surface area (Å²) in [5.74, 6) is -3.93. The van der Waals surface area contributed by atoms with E-state index in [9.17, 15) is 14.4 Å². The number of carbonyl (C=O) groups is 3. The summed E-state index contributed by atoms with van der Waals surface area (Å²) in [7, 11) is 0. The van der Waals surface area contributed by atoms with Gasteiger partial charge in [0.2, 0.25) is 0 Å². The van der Waals surface area contributed by atoms with Crippen molar-refractivity contribution >= 4 is 29.7 Å². The summed E-state index contributed by atoms with van der Waals surface area (Å²) in [6.45, 7) is 0. The summed E-state index contributed by atoms with van der Waals surface area (Å²) in [5, 5.41) is 24.2. The molecule has 0 aliphatic heterocycles. The molecular weight excluding hydrogens is 226 g/mol. The zero-order valence-corrected chi connectivity index (χ0v) is 8.44. The Balaban J connectivity index is 4.13. The van der Waals surface area contributed by atoms with E-state index in [-0.39, 0.29) is 5.75 Å². The molecule has 2 atom stereocenters. The summed E-state index contributed by atoms with van der Waals surface area (Å²) in [5.41, 5.74) is 5.13. The summed E-state index contributed by atoms with van der Waals surface area (Å²) < 4.78 is 0. The first kappa shape index (κ1) is 13.7. The number of carboxylic acids is 3. The van der Waals surface area contributed by atoms with Crippen LogP contribution < -0.4 is 5.73 Å². The van der Waals surface area contributed by atoms with Gasteiger partial charge in [-0.2, -0.15) is 0 Å². The maximum atomic E-state index is 10.5. The number of rotatable bonds is 7. The predicted octanol–water partition coefficient (Wildman–Crippen LogP) is -0.941. The van der Waals surface area contributed by atoms with Crippen molar-refractivity contribution in [2.24, 2.45) is 5.73 Å². The van der Waals surface area contributed by atoms with Crippen molar-refractivity contribution in [3.8, 4) is 0 Å². The van der Waals surface area contributed by atoms with E-state index in [0.29, 0.717) is 11.8 Å². The highest BCUT2D eigenvalue weighted by Crippen LogP contribution is 2.15. The molecule has 0 saturated carbocycles. The Hall–Kier alpha value is -1.28. The maximum absolute atomic E-state index is 10.5. The third-order valence-corrected chi connectivity index (χ3v) is 2.75. The van der Waals surface area contributed by atoms with Gasteiger partial charge in [0, 0.05) is 5.75 Å². The average molecular weight is 237 g/mol. The van der Waals surface area contributed by atoms with Crippen LogP contribution in [0.4, 0.5) is 0 Å². The van der Waals surface area contributed by atoms with Crippen molar-refractivity contribution in [3.05, 3.63) is 0 Å². The molecule has 86 valence electrons. The molecule has 15 heavy (non-hydrogen) atoms. The van der Waals surface area contributed by atoms with E-state index in [4.69, 9.17) is 21.1 Å². The maximum Gasteiger partial charge on any atom is 0.321 e. The highest BCUT2D eigenvalue weighted by molar-refractivity contribution is 8.00. The molecule has 0 aromatic heterocycles. The molecule has 0 spiro atoms. The second kappa shape index (κ2) is 6.25. The van der Waals surface area contributed by atoms with Crippen molar-refractivity contribution in [1.82, 2.24) is 0 Å². The minimum Gasteiger partial charge on any atom is -0.481 e. The largest absolute Gasteiger partial charge is 0.481 e. The van der Waals surface area contributed by atoms with Gasteiger partial charge in [-0.25, -0.2) is 0 Å². The van der Waals surface area contributed by atoms with E-state index >= 15 is 0 Å².